The molecule has 1 aromatic rings. The van der Waals surface area contributed by atoms with Crippen molar-refractivity contribution in [3.63, 3.8) is 0 Å². The van der Waals surface area contributed by atoms with Gasteiger partial charge in [0, 0.05) is 0 Å². The molecular formula is C10H11IO. The fraction of sp³-hybridized carbons (Fsp3) is 0.400. The Balaban J connectivity index is 2.34. The van der Waals surface area contributed by atoms with E-state index in [-0.39, 0.29) is 0 Å². The van der Waals surface area contributed by atoms with Crippen LogP contribution in [0.4, 0.5) is 0 Å². The number of halogens is 1. The molecule has 0 aliphatic carbocycles. The first-order chi connectivity index (χ1) is 5.77. The first-order valence-electron chi connectivity index (χ1n) is 4.16. The Labute approximate surface area is 86.3 Å². The molecule has 12 heavy (non-hydrogen) atoms. The molecule has 64 valence electrons. The predicted octanol–water partition coefficient (Wildman–Crippen LogP) is 2.81. The lowest BCUT2D eigenvalue weighted by Gasteiger charge is -2.27. The lowest BCUT2D eigenvalue weighted by Crippen LogP contribution is -2.30. The number of hydrogen-bond donors (Lipinski definition) is 0. The Morgan fingerprint density at radius 1 is 1.42 bits per heavy atom. The van der Waals surface area contributed by atoms with Gasteiger partial charge in [-0.1, -0.05) is 40.8 Å². The van der Waals surface area contributed by atoms with E-state index >= 15 is 0 Å². The zero-order chi connectivity index (χ0) is 8.55. The van der Waals surface area contributed by atoms with Crippen molar-refractivity contribution in [2.24, 2.45) is 0 Å². The molecule has 1 aromatic carbocycles. The van der Waals surface area contributed by atoms with Crippen molar-refractivity contribution in [1.29, 1.82) is 0 Å². The second-order valence-corrected chi connectivity index (χ2v) is 4.75. The maximum absolute atomic E-state index is 5.74. The number of benzene rings is 1. The van der Waals surface area contributed by atoms with Gasteiger partial charge in [0.1, 0.15) is 11.9 Å². The minimum Gasteiger partial charge on any atom is -0.489 e. The Morgan fingerprint density at radius 2 is 2.17 bits per heavy atom. The molecule has 2 atom stereocenters. The number of fused-ring (bicyclic) bond motifs is 1. The normalized spacial score (nSPS) is 27.5. The fourth-order valence-electron chi connectivity index (χ4n) is 1.44. The van der Waals surface area contributed by atoms with Crippen molar-refractivity contribution in [1.82, 2.24) is 0 Å². The maximum atomic E-state index is 5.74. The summed E-state index contributed by atoms with van der Waals surface area (Å²) < 4.78 is 6.35. The van der Waals surface area contributed by atoms with E-state index in [1.54, 1.807) is 0 Å². The highest BCUT2D eigenvalue weighted by Gasteiger charge is 2.23. The SMILES string of the molecule is C[C@H]1Oc2ccccc2C[C@@H]1I. The number of hydrogen-bond acceptors (Lipinski definition) is 1. The third-order valence-corrected chi connectivity index (χ3v) is 3.66. The summed E-state index contributed by atoms with van der Waals surface area (Å²) in [5.41, 5.74) is 1.34. The minimum absolute atomic E-state index is 0.348. The van der Waals surface area contributed by atoms with Crippen LogP contribution in [0.1, 0.15) is 12.5 Å². The van der Waals surface area contributed by atoms with Gasteiger partial charge < -0.3 is 4.74 Å². The Kier molecular flexibility index (Phi) is 2.26. The average molecular weight is 274 g/mol. The summed E-state index contributed by atoms with van der Waals surface area (Å²) in [5, 5.41) is 0. The second-order valence-electron chi connectivity index (χ2n) is 3.15. The maximum Gasteiger partial charge on any atom is 0.122 e. The molecule has 2 heteroatoms. The second kappa shape index (κ2) is 3.24. The highest BCUT2D eigenvalue weighted by atomic mass is 127. The van der Waals surface area contributed by atoms with E-state index in [2.05, 4.69) is 41.6 Å². The molecule has 0 spiro atoms. The van der Waals surface area contributed by atoms with Crippen LogP contribution in [-0.2, 0) is 6.42 Å². The number of rotatable bonds is 0. The van der Waals surface area contributed by atoms with Crippen LogP contribution in [0.15, 0.2) is 24.3 Å². The zero-order valence-corrected chi connectivity index (χ0v) is 9.11. The molecule has 0 aromatic heterocycles. The van der Waals surface area contributed by atoms with Crippen LogP contribution in [0.5, 0.6) is 5.75 Å². The highest BCUT2D eigenvalue weighted by molar-refractivity contribution is 14.1. The quantitative estimate of drug-likeness (QED) is 0.522. The monoisotopic (exact) mass is 274 g/mol. The van der Waals surface area contributed by atoms with Gasteiger partial charge in [-0.3, -0.25) is 0 Å². The molecule has 0 N–H and O–H groups in total. The van der Waals surface area contributed by atoms with Gasteiger partial charge in [0.2, 0.25) is 0 Å². The van der Waals surface area contributed by atoms with Gasteiger partial charge >= 0.3 is 0 Å². The first kappa shape index (κ1) is 8.35. The van der Waals surface area contributed by atoms with Gasteiger partial charge in [0.15, 0.2) is 0 Å². The van der Waals surface area contributed by atoms with Crippen molar-refractivity contribution in [3.8, 4) is 5.75 Å². The van der Waals surface area contributed by atoms with Crippen LogP contribution >= 0.6 is 22.6 Å². The molecule has 1 nitrogen and oxygen atoms in total. The zero-order valence-electron chi connectivity index (χ0n) is 6.96. The Morgan fingerprint density at radius 3 is 3.00 bits per heavy atom. The smallest absolute Gasteiger partial charge is 0.122 e. The largest absolute Gasteiger partial charge is 0.489 e. The topological polar surface area (TPSA) is 9.23 Å². The highest BCUT2D eigenvalue weighted by Crippen LogP contribution is 2.30. The summed E-state index contributed by atoms with van der Waals surface area (Å²) in [5.74, 6) is 1.07. The van der Waals surface area contributed by atoms with E-state index in [1.165, 1.54) is 5.56 Å². The van der Waals surface area contributed by atoms with Crippen molar-refractivity contribution in [2.45, 2.75) is 23.4 Å². The molecule has 0 amide bonds. The Bertz CT molecular complexity index is 256. The summed E-state index contributed by atoms with van der Waals surface area (Å²) in [7, 11) is 0. The summed E-state index contributed by atoms with van der Waals surface area (Å²) in [6.45, 7) is 2.13. The van der Waals surface area contributed by atoms with Crippen LogP contribution in [0.2, 0.25) is 0 Å². The van der Waals surface area contributed by atoms with Crippen molar-refractivity contribution < 1.29 is 4.74 Å². The van der Waals surface area contributed by atoms with Gasteiger partial charge in [-0.05, 0) is 25.0 Å². The van der Waals surface area contributed by atoms with Crippen molar-refractivity contribution in [2.75, 3.05) is 0 Å². The molecule has 1 aliphatic rings. The van der Waals surface area contributed by atoms with Crippen molar-refractivity contribution in [3.05, 3.63) is 29.8 Å². The Hall–Kier alpha value is -0.250. The minimum atomic E-state index is 0.348. The molecule has 0 saturated carbocycles. The number of para-hydroxylation sites is 1. The van der Waals surface area contributed by atoms with Crippen LogP contribution in [0.25, 0.3) is 0 Å². The van der Waals surface area contributed by atoms with E-state index in [1.807, 2.05) is 12.1 Å². The van der Waals surface area contributed by atoms with Crippen LogP contribution in [-0.4, -0.2) is 10.0 Å². The van der Waals surface area contributed by atoms with Gasteiger partial charge in [0.05, 0.1) is 3.92 Å². The predicted molar refractivity (Wildman–Crippen MR) is 58.0 cm³/mol. The standard InChI is InChI=1S/C10H11IO/c1-7-9(11)6-8-4-2-3-5-10(8)12-7/h2-5,7,9H,6H2,1H3/t7-,9+/m1/s1. The first-order valence-corrected chi connectivity index (χ1v) is 5.40. The number of alkyl halides is 1. The van der Waals surface area contributed by atoms with Gasteiger partial charge in [-0.2, -0.15) is 0 Å². The number of ether oxygens (including phenoxy) is 1. The lowest BCUT2D eigenvalue weighted by molar-refractivity contribution is 0.204. The van der Waals surface area contributed by atoms with Gasteiger partial charge in [0.25, 0.3) is 0 Å². The molecule has 0 fully saturated rings. The molecule has 1 heterocycles. The van der Waals surface area contributed by atoms with Crippen molar-refractivity contribution >= 4 is 22.6 Å². The summed E-state index contributed by atoms with van der Waals surface area (Å²) in [6, 6.07) is 8.29. The molecular weight excluding hydrogens is 263 g/mol. The summed E-state index contributed by atoms with van der Waals surface area (Å²) in [4.78, 5) is 0. The average Bonchev–Trinajstić information content (AvgIpc) is 2.07. The van der Waals surface area contributed by atoms with Gasteiger partial charge in [-0.15, -0.1) is 0 Å². The molecule has 0 bridgehead atoms. The van der Waals surface area contributed by atoms with Crippen LogP contribution < -0.4 is 4.74 Å². The summed E-state index contributed by atoms with van der Waals surface area (Å²) >= 11 is 2.45. The van der Waals surface area contributed by atoms with E-state index in [4.69, 9.17) is 4.74 Å². The lowest BCUT2D eigenvalue weighted by atomic mass is 10.0. The molecule has 0 unspecified atom stereocenters. The van der Waals surface area contributed by atoms with E-state index < -0.39 is 0 Å². The molecule has 0 saturated heterocycles. The third-order valence-electron chi connectivity index (χ3n) is 2.21. The summed E-state index contributed by atoms with van der Waals surface area (Å²) in [6.07, 6.45) is 1.48. The third kappa shape index (κ3) is 1.44. The fourth-order valence-corrected chi connectivity index (χ4v) is 2.06. The molecule has 2 rings (SSSR count). The van der Waals surface area contributed by atoms with E-state index in [0.29, 0.717) is 10.0 Å². The molecule has 1 aliphatic heterocycles. The van der Waals surface area contributed by atoms with E-state index in [9.17, 15) is 0 Å². The van der Waals surface area contributed by atoms with E-state index in [0.717, 1.165) is 12.2 Å². The van der Waals surface area contributed by atoms with Gasteiger partial charge in [-0.25, -0.2) is 0 Å². The molecule has 0 radical (unpaired) electrons. The van der Waals surface area contributed by atoms with Crippen LogP contribution in [0.3, 0.4) is 0 Å². The van der Waals surface area contributed by atoms with Crippen LogP contribution in [0, 0.1) is 0 Å².